The third-order valence-corrected chi connectivity index (χ3v) is 6.43. The maximum atomic E-state index is 12.9. The van der Waals surface area contributed by atoms with Gasteiger partial charge in [-0.25, -0.2) is 8.42 Å². The average molecular weight is 449 g/mol. The highest BCUT2D eigenvalue weighted by Gasteiger charge is 2.32. The van der Waals surface area contributed by atoms with Crippen molar-refractivity contribution in [1.29, 1.82) is 0 Å². The first-order valence-corrected chi connectivity index (χ1v) is 11.0. The average Bonchev–Trinajstić information content (AvgIpc) is 2.72. The van der Waals surface area contributed by atoms with Crippen LogP contribution in [0.15, 0.2) is 53.4 Å². The van der Waals surface area contributed by atoms with E-state index in [9.17, 15) is 23.3 Å². The first kappa shape index (κ1) is 22.7. The van der Waals surface area contributed by atoms with Crippen LogP contribution >= 0.6 is 0 Å². The van der Waals surface area contributed by atoms with E-state index in [-0.39, 0.29) is 42.5 Å². The Balaban J connectivity index is 1.57. The number of nitrogens with zero attached hydrogens (tertiary/aromatic N) is 2. The lowest BCUT2D eigenvalue weighted by atomic mass is 10.3. The minimum absolute atomic E-state index is 0.0761. The van der Waals surface area contributed by atoms with Crippen LogP contribution in [-0.4, -0.2) is 55.5 Å². The number of sulfonamides is 1. The molecule has 2 aromatic rings. The maximum Gasteiger partial charge on any atom is 0.269 e. The van der Waals surface area contributed by atoms with Gasteiger partial charge in [0.25, 0.3) is 11.6 Å². The molecule has 0 aliphatic carbocycles. The summed E-state index contributed by atoms with van der Waals surface area (Å²) in [6.45, 7) is 3.92. The predicted octanol–water partition coefficient (Wildman–Crippen LogP) is 2.41. The van der Waals surface area contributed by atoms with Gasteiger partial charge < -0.3 is 14.8 Å². The summed E-state index contributed by atoms with van der Waals surface area (Å²) in [5.41, 5.74) is 0.341. The Hall–Kier alpha value is -3.02. The molecule has 1 saturated heterocycles. The van der Waals surface area contributed by atoms with Gasteiger partial charge in [-0.15, -0.1) is 0 Å². The number of rotatable bonds is 7. The van der Waals surface area contributed by atoms with Crippen molar-refractivity contribution in [2.75, 3.05) is 25.0 Å². The molecular formula is C20H23N3O7S. The molecule has 1 aliphatic heterocycles. The molecule has 1 N–H and O–H groups in total. The lowest BCUT2D eigenvalue weighted by Gasteiger charge is -2.34. The molecule has 2 aromatic carbocycles. The molecule has 0 saturated carbocycles. The quantitative estimate of drug-likeness (QED) is 0.508. The van der Waals surface area contributed by atoms with Crippen molar-refractivity contribution in [3.05, 3.63) is 58.6 Å². The minimum atomic E-state index is -3.66. The van der Waals surface area contributed by atoms with Crippen LogP contribution in [0.5, 0.6) is 5.75 Å². The normalized spacial score (nSPS) is 19.5. The van der Waals surface area contributed by atoms with Crippen LogP contribution in [0.3, 0.4) is 0 Å². The maximum absolute atomic E-state index is 12.9. The molecule has 1 heterocycles. The smallest absolute Gasteiger partial charge is 0.269 e. The first-order valence-electron chi connectivity index (χ1n) is 9.58. The summed E-state index contributed by atoms with van der Waals surface area (Å²) < 4.78 is 38.0. The Bertz CT molecular complexity index is 1030. The van der Waals surface area contributed by atoms with Gasteiger partial charge in [0.2, 0.25) is 10.0 Å². The van der Waals surface area contributed by atoms with Crippen molar-refractivity contribution in [3.63, 3.8) is 0 Å². The number of amides is 1. The number of benzene rings is 2. The second-order valence-corrected chi connectivity index (χ2v) is 9.13. The van der Waals surface area contributed by atoms with Gasteiger partial charge in [0.15, 0.2) is 6.61 Å². The number of anilines is 1. The van der Waals surface area contributed by atoms with Gasteiger partial charge in [0.1, 0.15) is 5.75 Å². The Kier molecular flexibility index (Phi) is 6.88. The zero-order valence-corrected chi connectivity index (χ0v) is 17.9. The Labute approximate surface area is 180 Å². The standard InChI is InChI=1S/C20H23N3O7S/c1-14-11-22(12-15(2)30-14)31(27,28)19-9-3-16(4-10-19)21-20(24)13-29-18-7-5-17(6-8-18)23(25)26/h3-10,14-15H,11-13H2,1-2H3,(H,21,24)/t14-,15-/m0/s1. The predicted molar refractivity (Wildman–Crippen MR) is 112 cm³/mol. The number of ether oxygens (including phenoxy) is 2. The summed E-state index contributed by atoms with van der Waals surface area (Å²) in [5, 5.41) is 13.3. The Morgan fingerprint density at radius 3 is 2.26 bits per heavy atom. The Morgan fingerprint density at radius 1 is 1.13 bits per heavy atom. The molecule has 166 valence electrons. The summed E-state index contributed by atoms with van der Waals surface area (Å²) in [7, 11) is -3.66. The lowest BCUT2D eigenvalue weighted by molar-refractivity contribution is -0.384. The van der Waals surface area contributed by atoms with Gasteiger partial charge in [-0.05, 0) is 50.2 Å². The SMILES string of the molecule is C[C@H]1CN(S(=O)(=O)c2ccc(NC(=O)COc3ccc([N+](=O)[O-])cc3)cc2)C[C@H](C)O1. The summed E-state index contributed by atoms with van der Waals surface area (Å²) in [4.78, 5) is 22.3. The fourth-order valence-electron chi connectivity index (χ4n) is 3.20. The highest BCUT2D eigenvalue weighted by Crippen LogP contribution is 2.22. The van der Waals surface area contributed by atoms with Gasteiger partial charge in [-0.1, -0.05) is 0 Å². The van der Waals surface area contributed by atoms with Crippen LogP contribution < -0.4 is 10.1 Å². The topological polar surface area (TPSA) is 128 Å². The van der Waals surface area contributed by atoms with E-state index in [0.29, 0.717) is 11.4 Å². The van der Waals surface area contributed by atoms with Crippen LogP contribution in [0.25, 0.3) is 0 Å². The van der Waals surface area contributed by atoms with Crippen molar-refractivity contribution >= 4 is 27.3 Å². The molecule has 10 nitrogen and oxygen atoms in total. The second-order valence-electron chi connectivity index (χ2n) is 7.19. The molecule has 0 unspecified atom stereocenters. The fourth-order valence-corrected chi connectivity index (χ4v) is 4.79. The van der Waals surface area contributed by atoms with E-state index in [2.05, 4.69) is 5.32 Å². The van der Waals surface area contributed by atoms with Crippen molar-refractivity contribution in [2.45, 2.75) is 31.0 Å². The van der Waals surface area contributed by atoms with Crippen LogP contribution in [0.2, 0.25) is 0 Å². The van der Waals surface area contributed by atoms with Gasteiger partial charge in [-0.3, -0.25) is 14.9 Å². The van der Waals surface area contributed by atoms with Crippen molar-refractivity contribution < 1.29 is 27.6 Å². The van der Waals surface area contributed by atoms with Crippen molar-refractivity contribution in [1.82, 2.24) is 4.31 Å². The second kappa shape index (κ2) is 9.41. The molecule has 0 bridgehead atoms. The van der Waals surface area contributed by atoms with E-state index in [4.69, 9.17) is 9.47 Å². The zero-order chi connectivity index (χ0) is 22.6. The minimum Gasteiger partial charge on any atom is -0.484 e. The lowest BCUT2D eigenvalue weighted by Crippen LogP contribution is -2.48. The third-order valence-electron chi connectivity index (χ3n) is 4.58. The van der Waals surface area contributed by atoms with Gasteiger partial charge in [0.05, 0.1) is 22.0 Å². The molecule has 0 spiro atoms. The van der Waals surface area contributed by atoms with E-state index in [1.807, 2.05) is 13.8 Å². The summed E-state index contributed by atoms with van der Waals surface area (Å²) >= 11 is 0. The van der Waals surface area contributed by atoms with E-state index >= 15 is 0 Å². The van der Waals surface area contributed by atoms with Gasteiger partial charge in [0, 0.05) is 30.9 Å². The summed E-state index contributed by atoms with van der Waals surface area (Å²) in [5.74, 6) is -0.138. The number of nitro benzene ring substituents is 1. The van der Waals surface area contributed by atoms with E-state index in [1.165, 1.54) is 52.8 Å². The van der Waals surface area contributed by atoms with Gasteiger partial charge in [-0.2, -0.15) is 4.31 Å². The number of morpholine rings is 1. The molecule has 1 amide bonds. The molecule has 31 heavy (non-hydrogen) atoms. The summed E-state index contributed by atoms with van der Waals surface area (Å²) in [6, 6.07) is 11.2. The summed E-state index contributed by atoms with van der Waals surface area (Å²) in [6.07, 6.45) is -0.374. The highest BCUT2D eigenvalue weighted by molar-refractivity contribution is 7.89. The molecule has 1 aliphatic rings. The number of hydrogen-bond donors (Lipinski definition) is 1. The monoisotopic (exact) mass is 449 g/mol. The molecule has 3 rings (SSSR count). The van der Waals surface area contributed by atoms with Crippen LogP contribution in [0, 0.1) is 10.1 Å². The number of carbonyl (C=O) groups excluding carboxylic acids is 1. The molecule has 11 heteroatoms. The first-order chi connectivity index (χ1) is 14.6. The Morgan fingerprint density at radius 2 is 1.71 bits per heavy atom. The fraction of sp³-hybridized carbons (Fsp3) is 0.350. The number of hydrogen-bond acceptors (Lipinski definition) is 7. The number of non-ortho nitro benzene ring substituents is 1. The largest absolute Gasteiger partial charge is 0.484 e. The van der Waals surface area contributed by atoms with E-state index < -0.39 is 20.9 Å². The zero-order valence-electron chi connectivity index (χ0n) is 17.1. The molecule has 0 aromatic heterocycles. The number of nitro groups is 1. The molecule has 1 fully saturated rings. The van der Waals surface area contributed by atoms with Crippen LogP contribution in [-0.2, 0) is 19.6 Å². The number of carbonyl (C=O) groups is 1. The van der Waals surface area contributed by atoms with Crippen LogP contribution in [0.1, 0.15) is 13.8 Å². The van der Waals surface area contributed by atoms with E-state index in [1.54, 1.807) is 0 Å². The van der Waals surface area contributed by atoms with E-state index in [0.717, 1.165) is 0 Å². The highest BCUT2D eigenvalue weighted by atomic mass is 32.2. The molecule has 0 radical (unpaired) electrons. The van der Waals surface area contributed by atoms with Crippen molar-refractivity contribution in [3.8, 4) is 5.75 Å². The van der Waals surface area contributed by atoms with Crippen molar-refractivity contribution in [2.24, 2.45) is 0 Å². The third kappa shape index (κ3) is 5.78. The molecule has 2 atom stereocenters. The number of nitrogens with one attached hydrogen (secondary N) is 1. The molecular weight excluding hydrogens is 426 g/mol. The van der Waals surface area contributed by atoms with Crippen LogP contribution in [0.4, 0.5) is 11.4 Å². The van der Waals surface area contributed by atoms with Gasteiger partial charge >= 0.3 is 0 Å².